The fourth-order valence-corrected chi connectivity index (χ4v) is 3.66. The van der Waals surface area contributed by atoms with E-state index in [4.69, 9.17) is 4.42 Å². The Morgan fingerprint density at radius 3 is 2.83 bits per heavy atom. The van der Waals surface area contributed by atoms with Crippen LogP contribution in [0, 0.1) is 18.7 Å². The normalized spacial score (nSPS) is 17.0. The molecule has 1 N–H and O–H groups in total. The molecule has 1 aliphatic heterocycles. The predicted molar refractivity (Wildman–Crippen MR) is 103 cm³/mol. The van der Waals surface area contributed by atoms with E-state index in [1.807, 2.05) is 0 Å². The Bertz CT molecular complexity index is 1090. The molecule has 0 spiro atoms. The highest BCUT2D eigenvalue weighted by Crippen LogP contribution is 2.34. The summed E-state index contributed by atoms with van der Waals surface area (Å²) in [5, 5.41) is 2.98. The number of halogens is 4. The third kappa shape index (κ3) is 3.96. The largest absolute Gasteiger partial charge is 0.420 e. The van der Waals surface area contributed by atoms with Crippen LogP contribution >= 0.6 is 0 Å². The molecule has 3 aromatic rings. The number of fused-ring (bicyclic) bond motifs is 1. The average Bonchev–Trinajstić information content (AvgIpc) is 3.32. The highest BCUT2D eigenvalue weighted by Gasteiger charge is 2.37. The summed E-state index contributed by atoms with van der Waals surface area (Å²) < 4.78 is 59.0. The first-order chi connectivity index (χ1) is 14.2. The van der Waals surface area contributed by atoms with E-state index in [2.05, 4.69) is 10.3 Å². The van der Waals surface area contributed by atoms with Gasteiger partial charge >= 0.3 is 6.18 Å². The first-order valence-electron chi connectivity index (χ1n) is 9.48. The lowest BCUT2D eigenvalue weighted by Gasteiger charge is -2.20. The number of aromatic nitrogens is 1. The Balaban J connectivity index is 1.42. The standard InChI is InChI=1S/C21H19F4N3O2/c1-12-5-6-15(21(23,24)25)14(9-12)19(29)28-8-7-13(11-28)10-26-20-27-17-4-2-3-16(22)18(17)30-20/h2-6,9,13H,7-8,10-11H2,1H3,(H,26,27)/t13-/m0/s1. The maximum Gasteiger partial charge on any atom is 0.417 e. The number of aryl methyl sites for hydroxylation is 1. The Labute approximate surface area is 169 Å². The molecule has 1 fully saturated rings. The molecule has 30 heavy (non-hydrogen) atoms. The van der Waals surface area contributed by atoms with Crippen molar-refractivity contribution >= 4 is 23.0 Å². The minimum absolute atomic E-state index is 0.00737. The minimum atomic E-state index is -4.60. The predicted octanol–water partition coefficient (Wildman–Crippen LogP) is 4.87. The number of carbonyl (C=O) groups is 1. The van der Waals surface area contributed by atoms with Gasteiger partial charge in [0.2, 0.25) is 0 Å². The molecule has 9 heteroatoms. The Morgan fingerprint density at radius 2 is 2.10 bits per heavy atom. The molecular weight excluding hydrogens is 402 g/mol. The summed E-state index contributed by atoms with van der Waals surface area (Å²) in [5.41, 5.74) is -0.215. The number of oxazole rings is 1. The molecule has 0 radical (unpaired) electrons. The number of alkyl halides is 3. The topological polar surface area (TPSA) is 58.4 Å². The molecule has 158 valence electrons. The van der Waals surface area contributed by atoms with Gasteiger partial charge in [0.05, 0.1) is 11.1 Å². The molecule has 1 aromatic heterocycles. The van der Waals surface area contributed by atoms with E-state index in [-0.39, 0.29) is 23.1 Å². The van der Waals surface area contributed by atoms with Gasteiger partial charge in [-0.15, -0.1) is 0 Å². The quantitative estimate of drug-likeness (QED) is 0.611. The fourth-order valence-electron chi connectivity index (χ4n) is 3.66. The molecule has 2 heterocycles. The molecule has 1 amide bonds. The second kappa shape index (κ2) is 7.62. The maximum atomic E-state index is 13.7. The van der Waals surface area contributed by atoms with Crippen molar-refractivity contribution in [2.45, 2.75) is 19.5 Å². The van der Waals surface area contributed by atoms with Gasteiger partial charge < -0.3 is 14.6 Å². The number of hydrogen-bond acceptors (Lipinski definition) is 4. The highest BCUT2D eigenvalue weighted by molar-refractivity contribution is 5.96. The van der Waals surface area contributed by atoms with Gasteiger partial charge in [0.25, 0.3) is 11.9 Å². The molecule has 5 nitrogen and oxygen atoms in total. The van der Waals surface area contributed by atoms with E-state index in [0.717, 1.165) is 6.07 Å². The number of rotatable bonds is 4. The first kappa shape index (κ1) is 20.2. The summed E-state index contributed by atoms with van der Waals surface area (Å²) in [6.07, 6.45) is -3.97. The summed E-state index contributed by atoms with van der Waals surface area (Å²) in [7, 11) is 0. The summed E-state index contributed by atoms with van der Waals surface area (Å²) >= 11 is 0. The Kier molecular flexibility index (Phi) is 5.13. The molecule has 0 saturated carbocycles. The number of nitrogens with one attached hydrogen (secondary N) is 1. The average molecular weight is 421 g/mol. The summed E-state index contributed by atoms with van der Waals surface area (Å²) in [6.45, 7) is 2.72. The van der Waals surface area contributed by atoms with Crippen molar-refractivity contribution in [1.29, 1.82) is 0 Å². The SMILES string of the molecule is Cc1ccc(C(F)(F)F)c(C(=O)N2CC[C@@H](CNc3nc4cccc(F)c4o3)C2)c1. The smallest absolute Gasteiger partial charge is 0.417 e. The maximum absolute atomic E-state index is 13.7. The molecule has 2 aromatic carbocycles. The first-order valence-corrected chi connectivity index (χ1v) is 9.48. The van der Waals surface area contributed by atoms with Crippen LogP contribution in [-0.2, 0) is 6.18 Å². The van der Waals surface area contributed by atoms with Crippen molar-refractivity contribution in [1.82, 2.24) is 9.88 Å². The van der Waals surface area contributed by atoms with Crippen LogP contribution in [-0.4, -0.2) is 35.4 Å². The van der Waals surface area contributed by atoms with Crippen molar-refractivity contribution < 1.29 is 26.8 Å². The number of anilines is 1. The lowest BCUT2D eigenvalue weighted by molar-refractivity contribution is -0.138. The minimum Gasteiger partial charge on any atom is -0.420 e. The number of amides is 1. The third-order valence-corrected chi connectivity index (χ3v) is 5.19. The molecule has 0 aliphatic carbocycles. The van der Waals surface area contributed by atoms with Crippen LogP contribution in [0.4, 0.5) is 23.6 Å². The van der Waals surface area contributed by atoms with Gasteiger partial charge in [0.1, 0.15) is 5.52 Å². The van der Waals surface area contributed by atoms with Gasteiger partial charge in [-0.25, -0.2) is 4.39 Å². The third-order valence-electron chi connectivity index (χ3n) is 5.19. The van der Waals surface area contributed by atoms with Crippen molar-refractivity contribution in [3.63, 3.8) is 0 Å². The van der Waals surface area contributed by atoms with E-state index in [1.54, 1.807) is 13.0 Å². The number of para-hydroxylation sites is 1. The summed E-state index contributed by atoms with van der Waals surface area (Å²) in [5.74, 6) is -1.13. The lowest BCUT2D eigenvalue weighted by Crippen LogP contribution is -2.31. The number of hydrogen-bond donors (Lipinski definition) is 1. The van der Waals surface area contributed by atoms with Gasteiger partial charge in [-0.2, -0.15) is 18.2 Å². The van der Waals surface area contributed by atoms with E-state index in [9.17, 15) is 22.4 Å². The van der Waals surface area contributed by atoms with Gasteiger partial charge in [-0.3, -0.25) is 4.79 Å². The van der Waals surface area contributed by atoms with Gasteiger partial charge in [-0.05, 0) is 43.5 Å². The van der Waals surface area contributed by atoms with Crippen LogP contribution in [0.25, 0.3) is 11.1 Å². The molecule has 1 atom stereocenters. The zero-order valence-electron chi connectivity index (χ0n) is 16.1. The van der Waals surface area contributed by atoms with E-state index < -0.39 is 23.5 Å². The molecular formula is C21H19F4N3O2. The van der Waals surface area contributed by atoms with Gasteiger partial charge in [0, 0.05) is 19.6 Å². The summed E-state index contributed by atoms with van der Waals surface area (Å²) in [6, 6.07) is 8.18. The second-order valence-electron chi connectivity index (χ2n) is 7.44. The number of benzene rings is 2. The number of nitrogens with zero attached hydrogens (tertiary/aromatic N) is 2. The van der Waals surface area contributed by atoms with Crippen LogP contribution in [0.1, 0.15) is 27.9 Å². The molecule has 1 saturated heterocycles. The summed E-state index contributed by atoms with van der Waals surface area (Å²) in [4.78, 5) is 18.4. The Hall–Kier alpha value is -3.10. The van der Waals surface area contributed by atoms with Crippen molar-refractivity contribution in [2.75, 3.05) is 25.0 Å². The van der Waals surface area contributed by atoms with Crippen LogP contribution < -0.4 is 5.32 Å². The number of carbonyl (C=O) groups excluding carboxylic acids is 1. The number of likely N-dealkylation sites (tertiary alicyclic amines) is 1. The Morgan fingerprint density at radius 1 is 1.30 bits per heavy atom. The molecule has 1 aliphatic rings. The van der Waals surface area contributed by atoms with E-state index >= 15 is 0 Å². The molecule has 0 bridgehead atoms. The van der Waals surface area contributed by atoms with Crippen molar-refractivity contribution in [3.05, 3.63) is 58.9 Å². The van der Waals surface area contributed by atoms with E-state index in [1.165, 1.54) is 29.2 Å². The van der Waals surface area contributed by atoms with Gasteiger partial charge in [-0.1, -0.05) is 17.7 Å². The van der Waals surface area contributed by atoms with Crippen LogP contribution in [0.5, 0.6) is 0 Å². The highest BCUT2D eigenvalue weighted by atomic mass is 19.4. The van der Waals surface area contributed by atoms with E-state index in [0.29, 0.717) is 37.1 Å². The zero-order valence-corrected chi connectivity index (χ0v) is 16.1. The lowest BCUT2D eigenvalue weighted by atomic mass is 10.0. The van der Waals surface area contributed by atoms with Crippen molar-refractivity contribution in [2.24, 2.45) is 5.92 Å². The fraction of sp³-hybridized carbons (Fsp3) is 0.333. The van der Waals surface area contributed by atoms with Crippen LogP contribution in [0.15, 0.2) is 40.8 Å². The second-order valence-corrected chi connectivity index (χ2v) is 7.44. The zero-order chi connectivity index (χ0) is 21.5. The van der Waals surface area contributed by atoms with Crippen LogP contribution in [0.3, 0.4) is 0 Å². The molecule has 0 unspecified atom stereocenters. The van der Waals surface area contributed by atoms with Gasteiger partial charge in [0.15, 0.2) is 11.4 Å². The van der Waals surface area contributed by atoms with Crippen LogP contribution in [0.2, 0.25) is 0 Å². The molecule has 4 rings (SSSR count). The monoisotopic (exact) mass is 421 g/mol. The van der Waals surface area contributed by atoms with Crippen molar-refractivity contribution in [3.8, 4) is 0 Å².